The number of rotatable bonds is 5. The first-order valence-electron chi connectivity index (χ1n) is 8.44. The third kappa shape index (κ3) is 4.52. The zero-order valence-corrected chi connectivity index (χ0v) is 16.8. The normalized spacial score (nSPS) is 11.7. The number of carbonyl (C=O) groups is 1. The summed E-state index contributed by atoms with van der Waals surface area (Å²) in [6.07, 6.45) is 4.25. The van der Waals surface area contributed by atoms with Gasteiger partial charge in [-0.25, -0.2) is 4.98 Å². The lowest BCUT2D eigenvalue weighted by atomic mass is 10.1. The van der Waals surface area contributed by atoms with Gasteiger partial charge in [0.2, 0.25) is 0 Å². The Labute approximate surface area is 172 Å². The molecular formula is C20H18Cl2N4O2. The Balaban J connectivity index is 1.77. The first-order chi connectivity index (χ1) is 13.3. The number of nitrogen functional groups attached to an aromatic ring is 1. The highest BCUT2D eigenvalue weighted by atomic mass is 35.5. The summed E-state index contributed by atoms with van der Waals surface area (Å²) >= 11 is 12.2. The molecule has 0 aliphatic carbocycles. The van der Waals surface area contributed by atoms with Crippen LogP contribution in [0.4, 0.5) is 11.5 Å². The summed E-state index contributed by atoms with van der Waals surface area (Å²) in [5.41, 5.74) is 8.31. The van der Waals surface area contributed by atoms with Crippen LogP contribution in [-0.2, 0) is 0 Å². The van der Waals surface area contributed by atoms with Crippen LogP contribution in [0.1, 0.15) is 34.5 Å². The second-order valence-electron chi connectivity index (χ2n) is 6.19. The Morgan fingerprint density at radius 2 is 2.00 bits per heavy atom. The molecule has 0 fully saturated rings. The molecule has 6 nitrogen and oxygen atoms in total. The van der Waals surface area contributed by atoms with E-state index in [1.807, 2.05) is 19.9 Å². The van der Waals surface area contributed by atoms with E-state index in [1.54, 1.807) is 36.7 Å². The highest BCUT2D eigenvalue weighted by Crippen LogP contribution is 2.29. The smallest absolute Gasteiger partial charge is 0.257 e. The molecule has 1 unspecified atom stereocenters. The lowest BCUT2D eigenvalue weighted by Crippen LogP contribution is -2.14. The van der Waals surface area contributed by atoms with E-state index in [0.717, 1.165) is 11.1 Å². The molecule has 0 bridgehead atoms. The lowest BCUT2D eigenvalue weighted by Gasteiger charge is -2.17. The van der Waals surface area contributed by atoms with Crippen molar-refractivity contribution in [2.45, 2.75) is 20.0 Å². The average molecular weight is 417 g/mol. The zero-order valence-electron chi connectivity index (χ0n) is 15.2. The quantitative estimate of drug-likeness (QED) is 0.605. The van der Waals surface area contributed by atoms with Crippen LogP contribution in [0.15, 0.2) is 48.9 Å². The SMILES string of the molecule is Cc1cccc(C(=O)Nc2cncc(C(C)Oc3cc(Cl)cnc3N)c2)c1Cl. The van der Waals surface area contributed by atoms with Gasteiger partial charge in [-0.1, -0.05) is 35.3 Å². The average Bonchev–Trinajstić information content (AvgIpc) is 2.67. The number of aromatic nitrogens is 2. The molecule has 144 valence electrons. The standard InChI is InChI=1S/C20H18Cl2N4O2/c1-11-4-3-5-16(18(11)22)20(27)26-15-6-13(8-24-10-15)12(2)28-17-7-14(21)9-25-19(17)23/h3-10,12H,1-2H3,(H2,23,25)(H,26,27). The number of hydrogen-bond acceptors (Lipinski definition) is 5. The minimum absolute atomic E-state index is 0.239. The molecule has 0 radical (unpaired) electrons. The van der Waals surface area contributed by atoms with Crippen LogP contribution in [0, 0.1) is 6.92 Å². The van der Waals surface area contributed by atoms with E-state index >= 15 is 0 Å². The van der Waals surface area contributed by atoms with Gasteiger partial charge in [0.15, 0.2) is 11.6 Å². The van der Waals surface area contributed by atoms with Gasteiger partial charge in [-0.3, -0.25) is 9.78 Å². The minimum Gasteiger partial charge on any atom is -0.482 e. The van der Waals surface area contributed by atoms with E-state index in [9.17, 15) is 4.79 Å². The van der Waals surface area contributed by atoms with Gasteiger partial charge in [-0.05, 0) is 31.5 Å². The molecule has 0 aliphatic heterocycles. The van der Waals surface area contributed by atoms with Gasteiger partial charge in [-0.2, -0.15) is 0 Å². The molecule has 1 amide bonds. The fourth-order valence-corrected chi connectivity index (χ4v) is 2.91. The molecule has 0 spiro atoms. The first-order valence-corrected chi connectivity index (χ1v) is 9.20. The number of amides is 1. The maximum absolute atomic E-state index is 12.5. The van der Waals surface area contributed by atoms with E-state index in [1.165, 1.54) is 6.20 Å². The van der Waals surface area contributed by atoms with Crippen LogP contribution in [0.5, 0.6) is 5.75 Å². The third-order valence-corrected chi connectivity index (χ3v) is 4.78. The van der Waals surface area contributed by atoms with Crippen LogP contribution in [0.25, 0.3) is 0 Å². The number of anilines is 2. The Hall–Kier alpha value is -2.83. The van der Waals surface area contributed by atoms with E-state index in [4.69, 9.17) is 33.7 Å². The maximum Gasteiger partial charge on any atom is 0.257 e. The highest BCUT2D eigenvalue weighted by Gasteiger charge is 2.15. The summed E-state index contributed by atoms with van der Waals surface area (Å²) in [4.78, 5) is 20.7. The number of pyridine rings is 2. The molecule has 3 aromatic rings. The molecule has 28 heavy (non-hydrogen) atoms. The van der Waals surface area contributed by atoms with E-state index in [-0.39, 0.29) is 11.7 Å². The Morgan fingerprint density at radius 3 is 2.79 bits per heavy atom. The third-order valence-electron chi connectivity index (χ3n) is 4.08. The van der Waals surface area contributed by atoms with Crippen LogP contribution < -0.4 is 15.8 Å². The maximum atomic E-state index is 12.5. The number of ether oxygens (including phenoxy) is 1. The number of nitrogens with two attached hydrogens (primary N) is 1. The van der Waals surface area contributed by atoms with Crippen LogP contribution in [0.3, 0.4) is 0 Å². The van der Waals surface area contributed by atoms with Crippen molar-refractivity contribution in [1.82, 2.24) is 9.97 Å². The molecule has 2 heterocycles. The van der Waals surface area contributed by atoms with Crippen molar-refractivity contribution in [3.8, 4) is 5.75 Å². The van der Waals surface area contributed by atoms with Crippen LogP contribution in [-0.4, -0.2) is 15.9 Å². The summed E-state index contributed by atoms with van der Waals surface area (Å²) in [6.45, 7) is 3.68. The summed E-state index contributed by atoms with van der Waals surface area (Å²) in [5.74, 6) is 0.299. The molecule has 1 atom stereocenters. The predicted molar refractivity (Wildman–Crippen MR) is 111 cm³/mol. The van der Waals surface area contributed by atoms with Crippen molar-refractivity contribution >= 4 is 40.6 Å². The van der Waals surface area contributed by atoms with Gasteiger partial charge in [0.05, 0.1) is 27.5 Å². The lowest BCUT2D eigenvalue weighted by molar-refractivity contribution is 0.102. The number of aryl methyl sites for hydroxylation is 1. The summed E-state index contributed by atoms with van der Waals surface area (Å²) < 4.78 is 5.85. The first kappa shape index (κ1) is 19.9. The van der Waals surface area contributed by atoms with Gasteiger partial charge in [0, 0.05) is 24.0 Å². The van der Waals surface area contributed by atoms with Crippen LogP contribution in [0.2, 0.25) is 10.0 Å². The van der Waals surface area contributed by atoms with Gasteiger partial charge in [0.1, 0.15) is 6.10 Å². The molecule has 2 aromatic heterocycles. The number of halogens is 2. The Kier molecular flexibility index (Phi) is 6.02. The van der Waals surface area contributed by atoms with E-state index in [0.29, 0.717) is 27.0 Å². The van der Waals surface area contributed by atoms with Crippen LogP contribution >= 0.6 is 23.2 Å². The molecule has 3 N–H and O–H groups in total. The second kappa shape index (κ2) is 8.46. The van der Waals surface area contributed by atoms with Crippen molar-refractivity contribution in [2.24, 2.45) is 0 Å². The largest absolute Gasteiger partial charge is 0.482 e. The topological polar surface area (TPSA) is 90.1 Å². The number of benzene rings is 1. The molecule has 0 saturated heterocycles. The van der Waals surface area contributed by atoms with Crippen molar-refractivity contribution in [1.29, 1.82) is 0 Å². The second-order valence-corrected chi connectivity index (χ2v) is 7.01. The van der Waals surface area contributed by atoms with E-state index < -0.39 is 6.10 Å². The molecule has 1 aromatic carbocycles. The minimum atomic E-state index is -0.394. The van der Waals surface area contributed by atoms with Gasteiger partial charge >= 0.3 is 0 Å². The number of hydrogen-bond donors (Lipinski definition) is 2. The molecule has 8 heteroatoms. The molecule has 3 rings (SSSR count). The number of nitrogens with zero attached hydrogens (tertiary/aromatic N) is 2. The Morgan fingerprint density at radius 1 is 1.21 bits per heavy atom. The zero-order chi connectivity index (χ0) is 20.3. The molecular weight excluding hydrogens is 399 g/mol. The van der Waals surface area contributed by atoms with Crippen molar-refractivity contribution in [3.05, 3.63) is 75.7 Å². The predicted octanol–water partition coefficient (Wildman–Crippen LogP) is 5.07. The van der Waals surface area contributed by atoms with Gasteiger partial charge in [-0.15, -0.1) is 0 Å². The van der Waals surface area contributed by atoms with Gasteiger partial charge in [0.25, 0.3) is 5.91 Å². The summed E-state index contributed by atoms with van der Waals surface area (Å²) in [5, 5.41) is 3.65. The fourth-order valence-electron chi connectivity index (χ4n) is 2.55. The number of nitrogens with one attached hydrogen (secondary N) is 1. The molecule has 0 aliphatic rings. The Bertz CT molecular complexity index is 1030. The number of carbonyl (C=O) groups excluding carboxylic acids is 1. The fraction of sp³-hybridized carbons (Fsp3) is 0.150. The summed E-state index contributed by atoms with van der Waals surface area (Å²) in [7, 11) is 0. The molecule has 0 saturated carbocycles. The monoisotopic (exact) mass is 416 g/mol. The van der Waals surface area contributed by atoms with Crippen molar-refractivity contribution in [3.63, 3.8) is 0 Å². The van der Waals surface area contributed by atoms with Crippen molar-refractivity contribution < 1.29 is 9.53 Å². The van der Waals surface area contributed by atoms with Gasteiger partial charge < -0.3 is 15.8 Å². The summed E-state index contributed by atoms with van der Waals surface area (Å²) in [6, 6.07) is 8.66. The van der Waals surface area contributed by atoms with E-state index in [2.05, 4.69) is 15.3 Å². The van der Waals surface area contributed by atoms with Crippen molar-refractivity contribution in [2.75, 3.05) is 11.1 Å². The highest BCUT2D eigenvalue weighted by molar-refractivity contribution is 6.35.